The third-order valence-electron chi connectivity index (χ3n) is 2.18. The van der Waals surface area contributed by atoms with Gasteiger partial charge in [0, 0.05) is 12.1 Å². The number of nitrogens with zero attached hydrogens (tertiary/aromatic N) is 1. The first-order valence-electron chi connectivity index (χ1n) is 5.45. The van der Waals surface area contributed by atoms with E-state index in [0.29, 0.717) is 18.1 Å². The Labute approximate surface area is 96.9 Å². The lowest BCUT2D eigenvalue weighted by Gasteiger charge is -2.22. The summed E-state index contributed by atoms with van der Waals surface area (Å²) in [6.07, 6.45) is -0.624. The molecule has 0 radical (unpaired) electrons. The lowest BCUT2D eigenvalue weighted by Crippen LogP contribution is -2.38. The van der Waals surface area contributed by atoms with Gasteiger partial charge in [0.2, 0.25) is 0 Å². The van der Waals surface area contributed by atoms with Crippen LogP contribution in [-0.2, 0) is 0 Å². The van der Waals surface area contributed by atoms with Crippen LogP contribution in [0.1, 0.15) is 38.1 Å². The first-order chi connectivity index (χ1) is 7.28. The van der Waals surface area contributed by atoms with Crippen molar-refractivity contribution in [1.82, 2.24) is 10.3 Å². The highest BCUT2D eigenvalue weighted by Gasteiger charge is 2.14. The second-order valence-electron chi connectivity index (χ2n) is 5.14. The maximum atomic E-state index is 9.95. The smallest absolute Gasteiger partial charge is 0.123 e. The molecule has 1 aromatic rings. The van der Waals surface area contributed by atoms with E-state index in [9.17, 15) is 5.11 Å². The molecule has 90 valence electrons. The number of pyridine rings is 1. The molecule has 0 aliphatic heterocycles. The van der Waals surface area contributed by atoms with Crippen molar-refractivity contribution in [2.45, 2.75) is 39.3 Å². The number of aryl methyl sites for hydroxylation is 1. The number of hydrogen-bond donors (Lipinski definition) is 3. The number of nitrogens with one attached hydrogen (secondary N) is 1. The van der Waals surface area contributed by atoms with Crippen molar-refractivity contribution < 1.29 is 5.11 Å². The van der Waals surface area contributed by atoms with E-state index in [-0.39, 0.29) is 5.54 Å². The van der Waals surface area contributed by atoms with Crippen LogP contribution in [0.2, 0.25) is 0 Å². The fourth-order valence-electron chi connectivity index (χ4n) is 1.40. The largest absolute Gasteiger partial charge is 0.385 e. The maximum absolute atomic E-state index is 9.95. The molecule has 0 amide bonds. The third kappa shape index (κ3) is 4.16. The first-order valence-corrected chi connectivity index (χ1v) is 5.45. The van der Waals surface area contributed by atoms with E-state index in [1.807, 2.05) is 13.0 Å². The molecule has 4 N–H and O–H groups in total. The molecule has 4 heteroatoms. The van der Waals surface area contributed by atoms with Crippen LogP contribution in [-0.4, -0.2) is 22.2 Å². The average molecular weight is 223 g/mol. The van der Waals surface area contributed by atoms with E-state index < -0.39 is 6.10 Å². The highest BCUT2D eigenvalue weighted by atomic mass is 16.3. The molecule has 0 aromatic carbocycles. The Bertz CT molecular complexity index is 338. The molecule has 1 aromatic heterocycles. The fourth-order valence-corrected chi connectivity index (χ4v) is 1.40. The quantitative estimate of drug-likeness (QED) is 0.724. The molecule has 1 atom stereocenters. The highest BCUT2D eigenvalue weighted by molar-refractivity contribution is 5.34. The number of β-amino-alcohol motifs (C(OH)–C–C–N with tert-alkyl or cyclic N) is 1. The van der Waals surface area contributed by atoms with Crippen LogP contribution in [0.4, 0.5) is 5.82 Å². The standard InChI is InChI=1S/C12H21N3O/c1-8-5-9(15-11(13)6-8)10(16)7-14-12(2,3)4/h5-6,10,14,16H,7H2,1-4H3,(H2,13,15)/t10-/m0/s1. The van der Waals surface area contributed by atoms with E-state index in [0.717, 1.165) is 5.56 Å². The monoisotopic (exact) mass is 223 g/mol. The van der Waals surface area contributed by atoms with Crippen molar-refractivity contribution >= 4 is 5.82 Å². The van der Waals surface area contributed by atoms with Crippen molar-refractivity contribution in [2.24, 2.45) is 0 Å². The summed E-state index contributed by atoms with van der Waals surface area (Å²) in [6.45, 7) is 8.57. The van der Waals surface area contributed by atoms with Gasteiger partial charge in [-0.25, -0.2) is 4.98 Å². The van der Waals surface area contributed by atoms with Crippen LogP contribution in [0.15, 0.2) is 12.1 Å². The van der Waals surface area contributed by atoms with Crippen molar-refractivity contribution in [3.63, 3.8) is 0 Å². The molecular formula is C12H21N3O. The second-order valence-corrected chi connectivity index (χ2v) is 5.14. The summed E-state index contributed by atoms with van der Waals surface area (Å²) in [4.78, 5) is 4.12. The summed E-state index contributed by atoms with van der Waals surface area (Å²) in [5, 5.41) is 13.2. The number of rotatable bonds is 3. The molecule has 16 heavy (non-hydrogen) atoms. The topological polar surface area (TPSA) is 71.2 Å². The fraction of sp³-hybridized carbons (Fsp3) is 0.583. The molecular weight excluding hydrogens is 202 g/mol. The molecule has 4 nitrogen and oxygen atoms in total. The van der Waals surface area contributed by atoms with Gasteiger partial charge in [0.1, 0.15) is 11.9 Å². The van der Waals surface area contributed by atoms with Gasteiger partial charge in [-0.15, -0.1) is 0 Å². The minimum absolute atomic E-state index is 0.0175. The highest BCUT2D eigenvalue weighted by Crippen LogP contribution is 2.14. The van der Waals surface area contributed by atoms with E-state index >= 15 is 0 Å². The summed E-state index contributed by atoms with van der Waals surface area (Å²) in [5.74, 6) is 0.449. The number of nitrogens with two attached hydrogens (primary N) is 1. The van der Waals surface area contributed by atoms with E-state index in [2.05, 4.69) is 31.1 Å². The van der Waals surface area contributed by atoms with Crippen LogP contribution in [0.3, 0.4) is 0 Å². The predicted molar refractivity (Wildman–Crippen MR) is 66.1 cm³/mol. The van der Waals surface area contributed by atoms with E-state index in [1.54, 1.807) is 6.07 Å². The summed E-state index contributed by atoms with van der Waals surface area (Å²) in [5.41, 5.74) is 7.25. The van der Waals surface area contributed by atoms with Gasteiger partial charge in [0.15, 0.2) is 0 Å². The molecule has 0 unspecified atom stereocenters. The summed E-state index contributed by atoms with van der Waals surface area (Å²) in [6, 6.07) is 3.64. The molecule has 0 aliphatic carbocycles. The molecule has 1 heterocycles. The average Bonchev–Trinajstić information content (AvgIpc) is 2.11. The van der Waals surface area contributed by atoms with Gasteiger partial charge in [0.05, 0.1) is 5.69 Å². The number of hydrogen-bond acceptors (Lipinski definition) is 4. The molecule has 0 fully saturated rings. The Morgan fingerprint density at radius 2 is 2.06 bits per heavy atom. The number of anilines is 1. The number of aliphatic hydroxyl groups is 1. The Balaban J connectivity index is 2.69. The molecule has 0 aliphatic rings. The minimum atomic E-state index is -0.624. The van der Waals surface area contributed by atoms with Gasteiger partial charge in [-0.3, -0.25) is 0 Å². The zero-order chi connectivity index (χ0) is 12.3. The van der Waals surface area contributed by atoms with Crippen molar-refractivity contribution in [1.29, 1.82) is 0 Å². The Kier molecular flexibility index (Phi) is 3.88. The van der Waals surface area contributed by atoms with Gasteiger partial charge in [0.25, 0.3) is 0 Å². The molecule has 0 saturated carbocycles. The summed E-state index contributed by atoms with van der Waals surface area (Å²) in [7, 11) is 0. The number of nitrogen functional groups attached to an aromatic ring is 1. The van der Waals surface area contributed by atoms with Crippen LogP contribution in [0.5, 0.6) is 0 Å². The minimum Gasteiger partial charge on any atom is -0.385 e. The molecule has 0 bridgehead atoms. The molecule has 1 rings (SSSR count). The van der Waals surface area contributed by atoms with E-state index in [4.69, 9.17) is 5.73 Å². The van der Waals surface area contributed by atoms with Crippen LogP contribution < -0.4 is 11.1 Å². The Morgan fingerprint density at radius 1 is 1.44 bits per heavy atom. The van der Waals surface area contributed by atoms with Gasteiger partial charge < -0.3 is 16.2 Å². The normalized spacial score (nSPS) is 13.8. The van der Waals surface area contributed by atoms with Crippen LogP contribution in [0.25, 0.3) is 0 Å². The maximum Gasteiger partial charge on any atom is 0.123 e. The molecule has 0 saturated heterocycles. The van der Waals surface area contributed by atoms with Gasteiger partial charge in [-0.2, -0.15) is 0 Å². The number of aromatic nitrogens is 1. The summed E-state index contributed by atoms with van der Waals surface area (Å²) < 4.78 is 0. The first kappa shape index (κ1) is 12.9. The van der Waals surface area contributed by atoms with Gasteiger partial charge in [-0.1, -0.05) is 0 Å². The molecule has 0 spiro atoms. The van der Waals surface area contributed by atoms with Crippen LogP contribution >= 0.6 is 0 Å². The zero-order valence-electron chi connectivity index (χ0n) is 10.4. The third-order valence-corrected chi connectivity index (χ3v) is 2.18. The van der Waals surface area contributed by atoms with Crippen molar-refractivity contribution in [3.05, 3.63) is 23.4 Å². The van der Waals surface area contributed by atoms with Gasteiger partial charge >= 0.3 is 0 Å². The van der Waals surface area contributed by atoms with Crippen LogP contribution in [0, 0.1) is 6.92 Å². The summed E-state index contributed by atoms with van der Waals surface area (Å²) >= 11 is 0. The predicted octanol–water partition coefficient (Wildman–Crippen LogP) is 1.39. The zero-order valence-corrected chi connectivity index (χ0v) is 10.4. The SMILES string of the molecule is Cc1cc(N)nc([C@@H](O)CNC(C)(C)C)c1. The Hall–Kier alpha value is -1.13. The lowest BCUT2D eigenvalue weighted by atomic mass is 10.1. The van der Waals surface area contributed by atoms with Crippen molar-refractivity contribution in [3.8, 4) is 0 Å². The second kappa shape index (κ2) is 4.80. The van der Waals surface area contributed by atoms with Gasteiger partial charge in [-0.05, 0) is 45.4 Å². The number of aliphatic hydroxyl groups excluding tert-OH is 1. The Morgan fingerprint density at radius 3 is 2.56 bits per heavy atom. The van der Waals surface area contributed by atoms with Crippen molar-refractivity contribution in [2.75, 3.05) is 12.3 Å². The lowest BCUT2D eigenvalue weighted by molar-refractivity contribution is 0.159. The van der Waals surface area contributed by atoms with E-state index in [1.165, 1.54) is 0 Å².